The molecule has 4 rings (SSSR count). The lowest BCUT2D eigenvalue weighted by Crippen LogP contribution is -2.39. The predicted molar refractivity (Wildman–Crippen MR) is 150 cm³/mol. The molecule has 196 valence electrons. The van der Waals surface area contributed by atoms with Gasteiger partial charge in [0.15, 0.2) is 0 Å². The summed E-state index contributed by atoms with van der Waals surface area (Å²) < 4.78 is 35.6. The van der Waals surface area contributed by atoms with Crippen molar-refractivity contribution in [3.05, 3.63) is 107 Å². The fourth-order valence-electron chi connectivity index (χ4n) is 4.20. The molecule has 0 spiro atoms. The quantitative estimate of drug-likeness (QED) is 0.250. The summed E-state index contributed by atoms with van der Waals surface area (Å²) in [6.07, 6.45) is 1.56. The Hall–Kier alpha value is -4.37. The summed E-state index contributed by atoms with van der Waals surface area (Å²) in [6.45, 7) is 5.53. The van der Waals surface area contributed by atoms with E-state index in [1.807, 2.05) is 26.8 Å². The van der Waals surface area contributed by atoms with E-state index in [0.717, 1.165) is 26.9 Å². The zero-order valence-electron chi connectivity index (χ0n) is 21.8. The van der Waals surface area contributed by atoms with Crippen LogP contribution in [-0.2, 0) is 14.8 Å². The molecule has 1 heterocycles. The summed E-state index contributed by atoms with van der Waals surface area (Å²) in [7, 11) is -2.62. The molecule has 8 nitrogen and oxygen atoms in total. The minimum atomic E-state index is -4.06. The molecule has 0 radical (unpaired) electrons. The van der Waals surface area contributed by atoms with Gasteiger partial charge in [-0.3, -0.25) is 9.10 Å². The fourth-order valence-corrected chi connectivity index (χ4v) is 5.66. The lowest BCUT2D eigenvalue weighted by atomic mass is 10.2. The summed E-state index contributed by atoms with van der Waals surface area (Å²) in [6, 6.07) is 24.8. The first-order valence-electron chi connectivity index (χ1n) is 12.0. The highest BCUT2D eigenvalue weighted by Crippen LogP contribution is 2.32. The number of amides is 1. The van der Waals surface area contributed by atoms with E-state index >= 15 is 0 Å². The summed E-state index contributed by atoms with van der Waals surface area (Å²) in [4.78, 5) is 13.0. The van der Waals surface area contributed by atoms with Gasteiger partial charge in [-0.15, -0.1) is 0 Å². The van der Waals surface area contributed by atoms with Gasteiger partial charge in [0, 0.05) is 22.6 Å². The Labute approximate surface area is 223 Å². The highest BCUT2D eigenvalue weighted by molar-refractivity contribution is 7.92. The largest absolute Gasteiger partial charge is 0.495 e. The van der Waals surface area contributed by atoms with Crippen molar-refractivity contribution in [3.63, 3.8) is 0 Å². The molecule has 0 aliphatic heterocycles. The molecule has 9 heteroatoms. The Morgan fingerprint density at radius 1 is 0.974 bits per heavy atom. The van der Waals surface area contributed by atoms with Crippen molar-refractivity contribution >= 4 is 27.8 Å². The number of anilines is 1. The molecule has 38 heavy (non-hydrogen) atoms. The minimum Gasteiger partial charge on any atom is -0.495 e. The van der Waals surface area contributed by atoms with E-state index in [1.54, 1.807) is 48.7 Å². The average molecular weight is 531 g/mol. The van der Waals surface area contributed by atoms with Crippen LogP contribution in [0.15, 0.2) is 94.9 Å². The number of nitrogens with one attached hydrogen (secondary N) is 1. The number of hydrazone groups is 1. The normalized spacial score (nSPS) is 11.5. The van der Waals surface area contributed by atoms with Crippen molar-refractivity contribution in [3.8, 4) is 11.4 Å². The number of ether oxygens (including phenoxy) is 1. The Morgan fingerprint density at radius 3 is 2.32 bits per heavy atom. The van der Waals surface area contributed by atoms with E-state index < -0.39 is 22.5 Å². The first kappa shape index (κ1) is 26.7. The number of methoxy groups -OCH3 is 1. The van der Waals surface area contributed by atoms with E-state index in [-0.39, 0.29) is 10.6 Å². The maximum atomic E-state index is 13.5. The van der Waals surface area contributed by atoms with Crippen LogP contribution >= 0.6 is 0 Å². The topological polar surface area (TPSA) is 93.0 Å². The lowest BCUT2D eigenvalue weighted by molar-refractivity contribution is -0.119. The number of rotatable bonds is 9. The first-order valence-corrected chi connectivity index (χ1v) is 13.4. The minimum absolute atomic E-state index is 0.0609. The molecule has 3 aromatic carbocycles. The molecule has 0 atom stereocenters. The molecule has 1 amide bonds. The van der Waals surface area contributed by atoms with Crippen molar-refractivity contribution in [2.45, 2.75) is 25.7 Å². The van der Waals surface area contributed by atoms with Gasteiger partial charge in [-0.05, 0) is 63.2 Å². The summed E-state index contributed by atoms with van der Waals surface area (Å²) >= 11 is 0. The monoisotopic (exact) mass is 530 g/mol. The number of para-hydroxylation sites is 2. The third-order valence-corrected chi connectivity index (χ3v) is 7.90. The van der Waals surface area contributed by atoms with Gasteiger partial charge in [-0.25, -0.2) is 13.8 Å². The van der Waals surface area contributed by atoms with Crippen LogP contribution in [0.25, 0.3) is 5.69 Å². The smallest absolute Gasteiger partial charge is 0.264 e. The second kappa shape index (κ2) is 11.4. The molecule has 0 fully saturated rings. The number of hydrogen-bond donors (Lipinski definition) is 1. The van der Waals surface area contributed by atoms with Crippen LogP contribution in [0.5, 0.6) is 5.75 Å². The first-order chi connectivity index (χ1) is 18.2. The highest BCUT2D eigenvalue weighted by Gasteiger charge is 2.29. The zero-order valence-corrected chi connectivity index (χ0v) is 22.6. The van der Waals surface area contributed by atoms with Crippen molar-refractivity contribution < 1.29 is 17.9 Å². The van der Waals surface area contributed by atoms with Gasteiger partial charge >= 0.3 is 0 Å². The van der Waals surface area contributed by atoms with Crippen molar-refractivity contribution in [2.24, 2.45) is 5.10 Å². The standard InChI is InChI=1S/C29H30N4O4S/c1-21-14-16-25(17-15-21)33-22(2)18-24(23(33)3)19-30-31-29(34)20-32(27-12-8-9-13-28(27)37-4)38(35,36)26-10-6-5-7-11-26/h5-19H,20H2,1-4H3,(H,31,34)/b30-19+. The molecular weight excluding hydrogens is 500 g/mol. The summed E-state index contributed by atoms with van der Waals surface area (Å²) in [5.41, 5.74) is 7.76. The van der Waals surface area contributed by atoms with Gasteiger partial charge in [0.1, 0.15) is 12.3 Å². The molecule has 0 aliphatic carbocycles. The Morgan fingerprint density at radius 2 is 1.63 bits per heavy atom. The molecule has 0 saturated carbocycles. The number of hydrogen-bond acceptors (Lipinski definition) is 5. The predicted octanol–water partition coefficient (Wildman–Crippen LogP) is 4.76. The third kappa shape index (κ3) is 5.63. The van der Waals surface area contributed by atoms with E-state index in [0.29, 0.717) is 5.75 Å². The van der Waals surface area contributed by atoms with Crippen LogP contribution in [0.1, 0.15) is 22.5 Å². The van der Waals surface area contributed by atoms with Crippen LogP contribution < -0.4 is 14.5 Å². The summed E-state index contributed by atoms with van der Waals surface area (Å²) in [5.74, 6) is -0.272. The maximum absolute atomic E-state index is 13.5. The molecule has 0 aliphatic rings. The number of carbonyl (C=O) groups excluding carboxylic acids is 1. The van der Waals surface area contributed by atoms with E-state index in [1.165, 1.54) is 24.8 Å². The maximum Gasteiger partial charge on any atom is 0.264 e. The van der Waals surface area contributed by atoms with Crippen LogP contribution in [0, 0.1) is 20.8 Å². The molecule has 0 unspecified atom stereocenters. The van der Waals surface area contributed by atoms with E-state index in [9.17, 15) is 13.2 Å². The van der Waals surface area contributed by atoms with Crippen molar-refractivity contribution in [1.82, 2.24) is 9.99 Å². The van der Waals surface area contributed by atoms with Crippen molar-refractivity contribution in [1.29, 1.82) is 0 Å². The number of aromatic nitrogens is 1. The van der Waals surface area contributed by atoms with Gasteiger partial charge in [0.25, 0.3) is 15.9 Å². The van der Waals surface area contributed by atoms with E-state index in [4.69, 9.17) is 4.74 Å². The molecule has 1 aromatic heterocycles. The number of benzene rings is 3. The van der Waals surface area contributed by atoms with E-state index in [2.05, 4.69) is 39.4 Å². The van der Waals surface area contributed by atoms with Crippen LogP contribution in [0.3, 0.4) is 0 Å². The second-order valence-corrected chi connectivity index (χ2v) is 10.6. The van der Waals surface area contributed by atoms with Crippen LogP contribution in [-0.4, -0.2) is 38.8 Å². The van der Waals surface area contributed by atoms with Gasteiger partial charge in [-0.2, -0.15) is 5.10 Å². The SMILES string of the molecule is COc1ccccc1N(CC(=O)N/N=C/c1cc(C)n(-c2ccc(C)cc2)c1C)S(=O)(=O)c1ccccc1. The third-order valence-electron chi connectivity index (χ3n) is 6.13. The Kier molecular flexibility index (Phi) is 7.97. The van der Waals surface area contributed by atoms with Crippen molar-refractivity contribution in [2.75, 3.05) is 18.0 Å². The fraction of sp³-hybridized carbons (Fsp3) is 0.172. The van der Waals surface area contributed by atoms with Gasteiger partial charge in [-0.1, -0.05) is 48.0 Å². The van der Waals surface area contributed by atoms with Gasteiger partial charge in [0.05, 0.1) is 23.9 Å². The molecule has 0 bridgehead atoms. The molecule has 4 aromatic rings. The average Bonchev–Trinajstić information content (AvgIpc) is 3.20. The molecule has 0 saturated heterocycles. The van der Waals surface area contributed by atoms with Gasteiger partial charge in [0.2, 0.25) is 0 Å². The number of nitrogens with zero attached hydrogens (tertiary/aromatic N) is 3. The van der Waals surface area contributed by atoms with Gasteiger partial charge < -0.3 is 9.30 Å². The summed E-state index contributed by atoms with van der Waals surface area (Å²) in [5, 5.41) is 4.12. The Balaban J connectivity index is 1.57. The number of aryl methyl sites for hydroxylation is 2. The lowest BCUT2D eigenvalue weighted by Gasteiger charge is -2.25. The van der Waals surface area contributed by atoms with Crippen LogP contribution in [0.4, 0.5) is 5.69 Å². The highest BCUT2D eigenvalue weighted by atomic mass is 32.2. The van der Waals surface area contributed by atoms with Crippen LogP contribution in [0.2, 0.25) is 0 Å². The Bertz CT molecular complexity index is 1560. The second-order valence-electron chi connectivity index (χ2n) is 8.79. The number of sulfonamides is 1. The molecule has 1 N–H and O–H groups in total. The molecular formula is C29H30N4O4S. The zero-order chi connectivity index (χ0) is 27.3. The number of carbonyl (C=O) groups is 1.